The molecule has 4 heteroatoms. The molecule has 0 unspecified atom stereocenters. The molecular formula is C16H23FN2O. The van der Waals surface area contributed by atoms with Gasteiger partial charge in [-0.15, -0.1) is 0 Å². The average molecular weight is 278 g/mol. The fourth-order valence-electron chi connectivity index (χ4n) is 3.03. The van der Waals surface area contributed by atoms with Crippen LogP contribution in [0, 0.1) is 12.7 Å². The van der Waals surface area contributed by atoms with Gasteiger partial charge in [-0.05, 0) is 43.5 Å². The SMILES string of the molecule is Cc1cc(F)cc(NC2(C(N)=O)CCCCCCC2)c1. The van der Waals surface area contributed by atoms with Gasteiger partial charge in [0.2, 0.25) is 5.91 Å². The highest BCUT2D eigenvalue weighted by Crippen LogP contribution is 2.30. The highest BCUT2D eigenvalue weighted by Gasteiger charge is 2.36. The molecule has 0 atom stereocenters. The van der Waals surface area contributed by atoms with Gasteiger partial charge in [0.1, 0.15) is 11.4 Å². The van der Waals surface area contributed by atoms with Crippen LogP contribution in [0.4, 0.5) is 10.1 Å². The summed E-state index contributed by atoms with van der Waals surface area (Å²) in [5.41, 5.74) is 6.39. The second-order valence-electron chi connectivity index (χ2n) is 5.86. The molecule has 20 heavy (non-hydrogen) atoms. The zero-order valence-corrected chi connectivity index (χ0v) is 12.0. The Morgan fingerprint density at radius 2 is 1.75 bits per heavy atom. The predicted octanol–water partition coefficient (Wildman–Crippen LogP) is 3.51. The van der Waals surface area contributed by atoms with Gasteiger partial charge in [-0.25, -0.2) is 4.39 Å². The molecule has 0 radical (unpaired) electrons. The van der Waals surface area contributed by atoms with E-state index in [1.807, 2.05) is 13.0 Å². The average Bonchev–Trinajstić information content (AvgIpc) is 2.31. The van der Waals surface area contributed by atoms with Crippen molar-refractivity contribution in [3.63, 3.8) is 0 Å². The lowest BCUT2D eigenvalue weighted by atomic mass is 9.83. The molecule has 1 aromatic rings. The Balaban J connectivity index is 2.25. The lowest BCUT2D eigenvalue weighted by molar-refractivity contribution is -0.123. The second kappa shape index (κ2) is 6.25. The predicted molar refractivity (Wildman–Crippen MR) is 79.0 cm³/mol. The van der Waals surface area contributed by atoms with E-state index in [1.54, 1.807) is 0 Å². The summed E-state index contributed by atoms with van der Waals surface area (Å²) in [7, 11) is 0. The Kier molecular flexibility index (Phi) is 4.63. The molecule has 1 amide bonds. The topological polar surface area (TPSA) is 55.1 Å². The van der Waals surface area contributed by atoms with Crippen LogP contribution in [0.3, 0.4) is 0 Å². The maximum Gasteiger partial charge on any atom is 0.243 e. The monoisotopic (exact) mass is 278 g/mol. The Labute approximate surface area is 119 Å². The number of carbonyl (C=O) groups excluding carboxylic acids is 1. The molecule has 1 aromatic carbocycles. The quantitative estimate of drug-likeness (QED) is 0.889. The minimum atomic E-state index is -0.735. The van der Waals surface area contributed by atoms with Crippen molar-refractivity contribution < 1.29 is 9.18 Å². The summed E-state index contributed by atoms with van der Waals surface area (Å²) in [6.45, 7) is 1.84. The Hall–Kier alpha value is -1.58. The van der Waals surface area contributed by atoms with Crippen LogP contribution in [0.2, 0.25) is 0 Å². The fourth-order valence-corrected chi connectivity index (χ4v) is 3.03. The van der Waals surface area contributed by atoms with E-state index in [0.717, 1.165) is 44.1 Å². The highest BCUT2D eigenvalue weighted by molar-refractivity contribution is 5.88. The van der Waals surface area contributed by atoms with Crippen molar-refractivity contribution in [2.24, 2.45) is 5.73 Å². The van der Waals surface area contributed by atoms with E-state index in [0.29, 0.717) is 5.69 Å². The molecule has 1 saturated carbocycles. The molecule has 1 fully saturated rings. The van der Waals surface area contributed by atoms with Gasteiger partial charge in [-0.2, -0.15) is 0 Å². The lowest BCUT2D eigenvalue weighted by Crippen LogP contribution is -2.50. The molecule has 0 aliphatic heterocycles. The summed E-state index contributed by atoms with van der Waals surface area (Å²) in [5, 5.41) is 3.23. The van der Waals surface area contributed by atoms with E-state index >= 15 is 0 Å². The first kappa shape index (κ1) is 14.8. The third-order valence-electron chi connectivity index (χ3n) is 4.10. The first-order valence-electron chi connectivity index (χ1n) is 7.37. The number of hydrogen-bond donors (Lipinski definition) is 2. The van der Waals surface area contributed by atoms with Crippen LogP contribution in [0.5, 0.6) is 0 Å². The third-order valence-corrected chi connectivity index (χ3v) is 4.10. The van der Waals surface area contributed by atoms with E-state index in [1.165, 1.54) is 18.6 Å². The van der Waals surface area contributed by atoms with E-state index in [4.69, 9.17) is 5.73 Å². The van der Waals surface area contributed by atoms with Crippen molar-refractivity contribution in [3.05, 3.63) is 29.6 Å². The molecule has 3 nitrogen and oxygen atoms in total. The van der Waals surface area contributed by atoms with Gasteiger partial charge >= 0.3 is 0 Å². The first-order valence-corrected chi connectivity index (χ1v) is 7.37. The minimum absolute atomic E-state index is 0.294. The van der Waals surface area contributed by atoms with Gasteiger partial charge in [0.05, 0.1) is 0 Å². The maximum absolute atomic E-state index is 13.5. The first-order chi connectivity index (χ1) is 9.52. The number of hydrogen-bond acceptors (Lipinski definition) is 2. The van der Waals surface area contributed by atoms with Gasteiger partial charge in [0, 0.05) is 5.69 Å². The smallest absolute Gasteiger partial charge is 0.243 e. The van der Waals surface area contributed by atoms with E-state index in [9.17, 15) is 9.18 Å². The van der Waals surface area contributed by atoms with Crippen LogP contribution in [0.1, 0.15) is 50.5 Å². The number of carbonyl (C=O) groups is 1. The second-order valence-corrected chi connectivity index (χ2v) is 5.86. The number of rotatable bonds is 3. The highest BCUT2D eigenvalue weighted by atomic mass is 19.1. The molecule has 2 rings (SSSR count). The Morgan fingerprint density at radius 1 is 1.15 bits per heavy atom. The molecule has 1 aliphatic rings. The number of benzene rings is 1. The van der Waals surface area contributed by atoms with Crippen LogP contribution < -0.4 is 11.1 Å². The van der Waals surface area contributed by atoms with Gasteiger partial charge < -0.3 is 11.1 Å². The van der Waals surface area contributed by atoms with Crippen molar-refractivity contribution >= 4 is 11.6 Å². The van der Waals surface area contributed by atoms with E-state index in [2.05, 4.69) is 5.32 Å². The van der Waals surface area contributed by atoms with Crippen molar-refractivity contribution in [1.82, 2.24) is 0 Å². The number of aryl methyl sites for hydroxylation is 1. The van der Waals surface area contributed by atoms with Crippen molar-refractivity contribution in [3.8, 4) is 0 Å². The maximum atomic E-state index is 13.5. The summed E-state index contributed by atoms with van der Waals surface area (Å²) in [5.74, 6) is -0.626. The van der Waals surface area contributed by atoms with Crippen molar-refractivity contribution in [2.75, 3.05) is 5.32 Å². The Morgan fingerprint density at radius 3 is 2.30 bits per heavy atom. The standard InChI is InChI=1S/C16H23FN2O/c1-12-9-13(17)11-14(10-12)19-16(15(18)20)7-5-3-2-4-6-8-16/h9-11,19H,2-8H2,1H3,(H2,18,20). The number of primary amides is 1. The zero-order chi connectivity index (χ0) is 14.6. The summed E-state index contributed by atoms with van der Waals surface area (Å²) in [6.07, 6.45) is 6.86. The number of nitrogens with one attached hydrogen (secondary N) is 1. The number of amides is 1. The summed E-state index contributed by atoms with van der Waals surface area (Å²) in [6, 6.07) is 4.75. The third kappa shape index (κ3) is 3.50. The molecule has 0 bridgehead atoms. The molecular weight excluding hydrogens is 255 g/mol. The zero-order valence-electron chi connectivity index (χ0n) is 12.0. The van der Waals surface area contributed by atoms with Crippen LogP contribution in [-0.4, -0.2) is 11.4 Å². The number of anilines is 1. The van der Waals surface area contributed by atoms with Crippen LogP contribution in [-0.2, 0) is 4.79 Å². The molecule has 0 heterocycles. The molecule has 3 N–H and O–H groups in total. The van der Waals surface area contributed by atoms with Gasteiger partial charge in [0.25, 0.3) is 0 Å². The molecule has 0 saturated heterocycles. The van der Waals surface area contributed by atoms with E-state index < -0.39 is 5.54 Å². The lowest BCUT2D eigenvalue weighted by Gasteiger charge is -2.34. The van der Waals surface area contributed by atoms with Gasteiger partial charge in [0.15, 0.2) is 0 Å². The van der Waals surface area contributed by atoms with Gasteiger partial charge in [-0.3, -0.25) is 4.79 Å². The van der Waals surface area contributed by atoms with Crippen LogP contribution in [0.15, 0.2) is 18.2 Å². The fraction of sp³-hybridized carbons (Fsp3) is 0.562. The minimum Gasteiger partial charge on any atom is -0.371 e. The molecule has 1 aliphatic carbocycles. The molecule has 0 spiro atoms. The summed E-state index contributed by atoms with van der Waals surface area (Å²) < 4.78 is 13.5. The summed E-state index contributed by atoms with van der Waals surface area (Å²) in [4.78, 5) is 12.0. The van der Waals surface area contributed by atoms with Gasteiger partial charge in [-0.1, -0.05) is 32.1 Å². The van der Waals surface area contributed by atoms with Crippen molar-refractivity contribution in [1.29, 1.82) is 0 Å². The van der Waals surface area contributed by atoms with Crippen LogP contribution in [0.25, 0.3) is 0 Å². The molecule has 0 aromatic heterocycles. The largest absolute Gasteiger partial charge is 0.371 e. The van der Waals surface area contributed by atoms with E-state index in [-0.39, 0.29) is 11.7 Å². The number of nitrogens with two attached hydrogens (primary N) is 1. The number of halogens is 1. The molecule has 110 valence electrons. The van der Waals surface area contributed by atoms with Crippen molar-refractivity contribution in [2.45, 2.75) is 57.4 Å². The normalized spacial score (nSPS) is 18.9. The van der Waals surface area contributed by atoms with Crippen LogP contribution >= 0.6 is 0 Å². The summed E-state index contributed by atoms with van der Waals surface area (Å²) >= 11 is 0. The Bertz CT molecular complexity index is 459.